The summed E-state index contributed by atoms with van der Waals surface area (Å²) >= 11 is 0. The highest BCUT2D eigenvalue weighted by atomic mass is 16.6. The zero-order valence-electron chi connectivity index (χ0n) is 10.9. The molecule has 0 bridgehead atoms. The summed E-state index contributed by atoms with van der Waals surface area (Å²) in [6.07, 6.45) is 0.0569. The quantitative estimate of drug-likeness (QED) is 0.778. The molecular formula is C12H19NO5. The molecule has 6 heteroatoms. The second kappa shape index (κ2) is 5.37. The third kappa shape index (κ3) is 4.35. The van der Waals surface area contributed by atoms with Crippen molar-refractivity contribution in [3.05, 3.63) is 0 Å². The van der Waals surface area contributed by atoms with Gasteiger partial charge in [-0.3, -0.25) is 9.59 Å². The third-order valence-electron chi connectivity index (χ3n) is 2.68. The van der Waals surface area contributed by atoms with Gasteiger partial charge in [-0.25, -0.2) is 4.79 Å². The predicted octanol–water partition coefficient (Wildman–Crippen LogP) is 1.33. The number of hydrogen-bond donors (Lipinski definition) is 2. The zero-order chi connectivity index (χ0) is 13.9. The number of carboxylic acids is 1. The molecule has 0 spiro atoms. The van der Waals surface area contributed by atoms with Crippen molar-refractivity contribution in [1.82, 2.24) is 5.32 Å². The van der Waals surface area contributed by atoms with Gasteiger partial charge in [0.2, 0.25) is 0 Å². The van der Waals surface area contributed by atoms with Crippen LogP contribution in [0.2, 0.25) is 0 Å². The van der Waals surface area contributed by atoms with Crippen LogP contribution in [0, 0.1) is 5.92 Å². The number of hydrogen-bond acceptors (Lipinski definition) is 4. The van der Waals surface area contributed by atoms with Crippen molar-refractivity contribution in [1.29, 1.82) is 0 Å². The van der Waals surface area contributed by atoms with Gasteiger partial charge in [-0.05, 0) is 33.6 Å². The maximum Gasteiger partial charge on any atom is 0.408 e. The van der Waals surface area contributed by atoms with Gasteiger partial charge >= 0.3 is 12.1 Å². The van der Waals surface area contributed by atoms with E-state index >= 15 is 0 Å². The number of aliphatic carboxylic acids is 1. The van der Waals surface area contributed by atoms with Gasteiger partial charge in [-0.15, -0.1) is 0 Å². The van der Waals surface area contributed by atoms with Gasteiger partial charge in [0.15, 0.2) is 5.78 Å². The van der Waals surface area contributed by atoms with Gasteiger partial charge in [0.1, 0.15) is 5.60 Å². The number of amides is 1. The Labute approximate surface area is 106 Å². The van der Waals surface area contributed by atoms with Crippen LogP contribution in [-0.4, -0.2) is 34.6 Å². The first-order valence-corrected chi connectivity index (χ1v) is 5.94. The molecule has 0 aromatic rings. The maximum atomic E-state index is 11.7. The van der Waals surface area contributed by atoms with Crippen LogP contribution in [0.5, 0.6) is 0 Å². The largest absolute Gasteiger partial charge is 0.481 e. The number of carbonyl (C=O) groups excluding carboxylic acids is 2. The molecule has 1 aliphatic rings. The molecule has 0 aromatic heterocycles. The smallest absolute Gasteiger partial charge is 0.408 e. The van der Waals surface area contributed by atoms with Crippen LogP contribution in [-0.2, 0) is 14.3 Å². The van der Waals surface area contributed by atoms with Gasteiger partial charge in [-0.1, -0.05) is 0 Å². The van der Waals surface area contributed by atoms with Crippen molar-refractivity contribution < 1.29 is 24.2 Å². The average molecular weight is 257 g/mol. The third-order valence-corrected chi connectivity index (χ3v) is 2.68. The highest BCUT2D eigenvalue weighted by Gasteiger charge is 2.33. The maximum absolute atomic E-state index is 11.7. The van der Waals surface area contributed by atoms with E-state index in [-0.39, 0.29) is 12.2 Å². The highest BCUT2D eigenvalue weighted by molar-refractivity contribution is 5.91. The van der Waals surface area contributed by atoms with E-state index < -0.39 is 29.6 Å². The normalized spacial score (nSPS) is 24.5. The van der Waals surface area contributed by atoms with Gasteiger partial charge < -0.3 is 15.2 Å². The lowest BCUT2D eigenvalue weighted by Gasteiger charge is -2.27. The van der Waals surface area contributed by atoms with Crippen molar-refractivity contribution >= 4 is 17.8 Å². The van der Waals surface area contributed by atoms with Crippen LogP contribution in [0.15, 0.2) is 0 Å². The molecule has 1 rings (SSSR count). The SMILES string of the molecule is CC(C)(C)OC(=O)NC1CCC(C(=O)O)CC1=O. The van der Waals surface area contributed by atoms with Gasteiger partial charge in [0.05, 0.1) is 12.0 Å². The summed E-state index contributed by atoms with van der Waals surface area (Å²) in [6, 6.07) is -0.629. The number of alkyl carbamates (subject to hydrolysis) is 1. The molecule has 0 heterocycles. The molecule has 0 aliphatic heterocycles. The molecule has 0 aromatic carbocycles. The minimum absolute atomic E-state index is 0.0319. The van der Waals surface area contributed by atoms with Gasteiger partial charge in [0.25, 0.3) is 0 Å². The summed E-state index contributed by atoms with van der Waals surface area (Å²) in [5.41, 5.74) is -0.620. The van der Waals surface area contributed by atoms with Crippen molar-refractivity contribution in [3.8, 4) is 0 Å². The highest BCUT2D eigenvalue weighted by Crippen LogP contribution is 2.22. The first-order chi connectivity index (χ1) is 8.19. The lowest BCUT2D eigenvalue weighted by Crippen LogP contribution is -2.46. The molecule has 6 nitrogen and oxygen atoms in total. The van der Waals surface area contributed by atoms with E-state index in [9.17, 15) is 14.4 Å². The topological polar surface area (TPSA) is 92.7 Å². The van der Waals surface area contributed by atoms with Gasteiger partial charge in [0, 0.05) is 6.42 Å². The van der Waals surface area contributed by atoms with E-state index in [1.807, 2.05) is 0 Å². The molecule has 1 aliphatic carbocycles. The fraction of sp³-hybridized carbons (Fsp3) is 0.750. The molecule has 0 saturated heterocycles. The Bertz CT molecular complexity index is 358. The summed E-state index contributed by atoms with van der Waals surface area (Å²) in [4.78, 5) is 33.9. The van der Waals surface area contributed by atoms with E-state index in [4.69, 9.17) is 9.84 Å². The molecule has 102 valence electrons. The predicted molar refractivity (Wildman–Crippen MR) is 63.1 cm³/mol. The molecule has 1 amide bonds. The van der Waals surface area contributed by atoms with E-state index in [0.717, 1.165) is 0 Å². The van der Waals surface area contributed by atoms with E-state index in [1.165, 1.54) is 0 Å². The molecule has 1 saturated carbocycles. The summed E-state index contributed by atoms with van der Waals surface area (Å²) in [6.45, 7) is 5.20. The second-order valence-corrected chi connectivity index (χ2v) is 5.48. The first-order valence-electron chi connectivity index (χ1n) is 5.94. The van der Waals surface area contributed by atoms with E-state index in [0.29, 0.717) is 12.8 Å². The number of nitrogens with one attached hydrogen (secondary N) is 1. The van der Waals surface area contributed by atoms with Crippen LogP contribution in [0.1, 0.15) is 40.0 Å². The summed E-state index contributed by atoms with van der Waals surface area (Å²) in [5.74, 6) is -1.84. The summed E-state index contributed by atoms with van der Waals surface area (Å²) in [5, 5.41) is 11.3. The second-order valence-electron chi connectivity index (χ2n) is 5.48. The molecular weight excluding hydrogens is 238 g/mol. The van der Waals surface area contributed by atoms with Crippen LogP contribution >= 0.6 is 0 Å². The number of ketones is 1. The Hall–Kier alpha value is -1.59. The van der Waals surface area contributed by atoms with Crippen LogP contribution in [0.25, 0.3) is 0 Å². The van der Waals surface area contributed by atoms with E-state index in [2.05, 4.69) is 5.32 Å². The fourth-order valence-electron chi connectivity index (χ4n) is 1.83. The van der Waals surface area contributed by atoms with Crippen molar-refractivity contribution in [2.75, 3.05) is 0 Å². The molecule has 18 heavy (non-hydrogen) atoms. The number of rotatable bonds is 2. The number of ether oxygens (including phenoxy) is 1. The van der Waals surface area contributed by atoms with Crippen LogP contribution in [0.3, 0.4) is 0 Å². The number of carbonyl (C=O) groups is 3. The Balaban J connectivity index is 2.48. The number of carboxylic acid groups (broad SMARTS) is 1. The number of Topliss-reactive ketones (excluding diaryl/α,β-unsaturated/α-hetero) is 1. The Kier molecular flexibility index (Phi) is 4.32. The Morgan fingerprint density at radius 3 is 2.39 bits per heavy atom. The van der Waals surface area contributed by atoms with Crippen molar-refractivity contribution in [2.45, 2.75) is 51.7 Å². The molecule has 2 atom stereocenters. The van der Waals surface area contributed by atoms with E-state index in [1.54, 1.807) is 20.8 Å². The molecule has 0 radical (unpaired) electrons. The standard InChI is InChI=1S/C12H19NO5/c1-12(2,3)18-11(17)13-8-5-4-7(10(15)16)6-9(8)14/h7-8H,4-6H2,1-3H3,(H,13,17)(H,15,16). The molecule has 2 unspecified atom stereocenters. The minimum Gasteiger partial charge on any atom is -0.481 e. The molecule has 2 N–H and O–H groups in total. The fourth-order valence-corrected chi connectivity index (χ4v) is 1.83. The first kappa shape index (κ1) is 14.5. The van der Waals surface area contributed by atoms with Crippen molar-refractivity contribution in [3.63, 3.8) is 0 Å². The van der Waals surface area contributed by atoms with Crippen molar-refractivity contribution in [2.24, 2.45) is 5.92 Å². The summed E-state index contributed by atoms with van der Waals surface area (Å²) in [7, 11) is 0. The Morgan fingerprint density at radius 2 is 1.94 bits per heavy atom. The lowest BCUT2D eigenvalue weighted by molar-refractivity contribution is -0.145. The lowest BCUT2D eigenvalue weighted by atomic mass is 9.85. The zero-order valence-corrected chi connectivity index (χ0v) is 10.9. The van der Waals surface area contributed by atoms with Crippen LogP contribution < -0.4 is 5.32 Å². The van der Waals surface area contributed by atoms with Crippen LogP contribution in [0.4, 0.5) is 4.79 Å². The minimum atomic E-state index is -0.959. The summed E-state index contributed by atoms with van der Waals surface area (Å²) < 4.78 is 5.04. The van der Waals surface area contributed by atoms with Gasteiger partial charge in [-0.2, -0.15) is 0 Å². The Morgan fingerprint density at radius 1 is 1.33 bits per heavy atom. The molecule has 1 fully saturated rings. The monoisotopic (exact) mass is 257 g/mol. The average Bonchev–Trinajstić information content (AvgIpc) is 2.17.